The maximum atomic E-state index is 13.2. The van der Waals surface area contributed by atoms with Gasteiger partial charge in [0, 0.05) is 10.6 Å². The molecular weight excluding hydrogens is 329 g/mol. The summed E-state index contributed by atoms with van der Waals surface area (Å²) >= 11 is 6.30. The fourth-order valence-electron chi connectivity index (χ4n) is 2.58. The summed E-state index contributed by atoms with van der Waals surface area (Å²) in [7, 11) is 0. The Kier molecular flexibility index (Phi) is 4.46. The number of aromatic nitrogens is 3. The van der Waals surface area contributed by atoms with Crippen molar-refractivity contribution in [1.29, 1.82) is 0 Å². The van der Waals surface area contributed by atoms with Gasteiger partial charge in [-0.15, -0.1) is 0 Å². The van der Waals surface area contributed by atoms with Crippen molar-refractivity contribution in [2.75, 3.05) is 0 Å². The first-order valence-corrected chi connectivity index (χ1v) is 7.63. The van der Waals surface area contributed by atoms with Gasteiger partial charge in [-0.1, -0.05) is 48.5 Å². The molecule has 0 aliphatic rings. The zero-order valence-electron chi connectivity index (χ0n) is 12.7. The van der Waals surface area contributed by atoms with Crippen LogP contribution in [-0.4, -0.2) is 19.9 Å². The van der Waals surface area contributed by atoms with E-state index in [0.717, 1.165) is 0 Å². The predicted molar refractivity (Wildman–Crippen MR) is 90.8 cm³/mol. The molecule has 24 heavy (non-hydrogen) atoms. The molecule has 1 aromatic heterocycles. The second-order valence-corrected chi connectivity index (χ2v) is 5.83. The van der Waals surface area contributed by atoms with E-state index in [1.807, 2.05) is 0 Å². The third-order valence-corrected chi connectivity index (χ3v) is 4.20. The molecule has 0 saturated carbocycles. The second-order valence-electron chi connectivity index (χ2n) is 5.42. The summed E-state index contributed by atoms with van der Waals surface area (Å²) in [5, 5.41) is 15.9. The molecule has 0 bridgehead atoms. The minimum absolute atomic E-state index is 0.0763. The average molecular weight is 344 g/mol. The third kappa shape index (κ3) is 3.09. The number of hydrogen-bond donors (Lipinski definition) is 1. The van der Waals surface area contributed by atoms with Crippen LogP contribution in [0, 0.1) is 5.82 Å². The maximum absolute atomic E-state index is 13.2. The van der Waals surface area contributed by atoms with E-state index in [4.69, 9.17) is 11.6 Å². The van der Waals surface area contributed by atoms with Crippen molar-refractivity contribution < 1.29 is 9.50 Å². The fourth-order valence-corrected chi connectivity index (χ4v) is 2.87. The lowest BCUT2D eigenvalue weighted by atomic mass is 9.83. The highest BCUT2D eigenvalue weighted by molar-refractivity contribution is 6.31. The fraction of sp³-hybridized carbons (Fsp3) is 0.111. The number of aliphatic hydroxyl groups is 1. The van der Waals surface area contributed by atoms with Gasteiger partial charge in [-0.3, -0.25) is 0 Å². The van der Waals surface area contributed by atoms with E-state index >= 15 is 0 Å². The Labute approximate surface area is 143 Å². The standard InChI is InChI=1S/C18H15ClFN3O/c1-13(14-6-8-15(20)9-7-14)18(24,10-23-12-21-11-22-23)16-4-2-3-5-17(16)19/h2-9,11-12,24H,1,10H2/t18-/m0/s1. The van der Waals surface area contributed by atoms with Crippen molar-refractivity contribution in [3.05, 3.63) is 89.7 Å². The molecule has 6 heteroatoms. The summed E-state index contributed by atoms with van der Waals surface area (Å²) < 4.78 is 14.7. The molecule has 1 heterocycles. The Balaban J connectivity index is 2.09. The van der Waals surface area contributed by atoms with Crippen LogP contribution in [-0.2, 0) is 12.1 Å². The van der Waals surface area contributed by atoms with Crippen LogP contribution in [0.2, 0.25) is 5.02 Å². The maximum Gasteiger partial charge on any atom is 0.137 e. The highest BCUT2D eigenvalue weighted by atomic mass is 35.5. The van der Waals surface area contributed by atoms with Gasteiger partial charge in [-0.25, -0.2) is 14.1 Å². The number of halogens is 2. The summed E-state index contributed by atoms with van der Waals surface area (Å²) in [6.45, 7) is 4.11. The Morgan fingerprint density at radius 3 is 2.54 bits per heavy atom. The van der Waals surface area contributed by atoms with E-state index in [1.54, 1.807) is 36.4 Å². The zero-order valence-corrected chi connectivity index (χ0v) is 13.5. The highest BCUT2D eigenvalue weighted by Crippen LogP contribution is 2.39. The largest absolute Gasteiger partial charge is 0.378 e. The van der Waals surface area contributed by atoms with Gasteiger partial charge >= 0.3 is 0 Å². The Morgan fingerprint density at radius 2 is 1.92 bits per heavy atom. The van der Waals surface area contributed by atoms with E-state index in [9.17, 15) is 9.50 Å². The lowest BCUT2D eigenvalue weighted by Crippen LogP contribution is -2.33. The molecule has 1 N–H and O–H groups in total. The molecule has 3 aromatic rings. The highest BCUT2D eigenvalue weighted by Gasteiger charge is 2.36. The van der Waals surface area contributed by atoms with Crippen molar-refractivity contribution in [3.63, 3.8) is 0 Å². The summed E-state index contributed by atoms with van der Waals surface area (Å²) in [5.41, 5.74) is -0.0225. The van der Waals surface area contributed by atoms with Crippen LogP contribution in [0.5, 0.6) is 0 Å². The quantitative estimate of drug-likeness (QED) is 0.769. The lowest BCUT2D eigenvalue weighted by Gasteiger charge is -2.31. The summed E-state index contributed by atoms with van der Waals surface area (Å²) in [6, 6.07) is 12.8. The van der Waals surface area contributed by atoms with Gasteiger partial charge in [0.1, 0.15) is 24.1 Å². The van der Waals surface area contributed by atoms with Gasteiger partial charge in [-0.2, -0.15) is 5.10 Å². The number of benzene rings is 2. The lowest BCUT2D eigenvalue weighted by molar-refractivity contribution is 0.0767. The number of rotatable bonds is 5. The van der Waals surface area contributed by atoms with Crippen molar-refractivity contribution >= 4 is 17.2 Å². The number of hydrogen-bond acceptors (Lipinski definition) is 3. The molecule has 122 valence electrons. The molecule has 0 fully saturated rings. The van der Waals surface area contributed by atoms with Crippen LogP contribution in [0.15, 0.2) is 67.8 Å². The molecule has 0 amide bonds. The van der Waals surface area contributed by atoms with Crippen molar-refractivity contribution in [2.45, 2.75) is 12.1 Å². The second kappa shape index (κ2) is 6.55. The Morgan fingerprint density at radius 1 is 1.21 bits per heavy atom. The monoisotopic (exact) mass is 343 g/mol. The van der Waals surface area contributed by atoms with Crippen LogP contribution in [0.3, 0.4) is 0 Å². The molecule has 3 rings (SSSR count). The summed E-state index contributed by atoms with van der Waals surface area (Å²) in [5.74, 6) is -0.357. The molecule has 0 radical (unpaired) electrons. The van der Waals surface area contributed by atoms with E-state index in [2.05, 4.69) is 16.7 Å². The zero-order chi connectivity index (χ0) is 17.2. The van der Waals surface area contributed by atoms with E-state index in [-0.39, 0.29) is 12.4 Å². The van der Waals surface area contributed by atoms with Crippen LogP contribution < -0.4 is 0 Å². The third-order valence-electron chi connectivity index (χ3n) is 3.87. The van der Waals surface area contributed by atoms with Crippen LogP contribution in [0.1, 0.15) is 11.1 Å². The molecule has 1 atom stereocenters. The molecule has 4 nitrogen and oxygen atoms in total. The van der Waals surface area contributed by atoms with E-state index in [0.29, 0.717) is 21.7 Å². The van der Waals surface area contributed by atoms with Gasteiger partial charge < -0.3 is 5.11 Å². The first-order valence-electron chi connectivity index (χ1n) is 7.26. The minimum atomic E-state index is -1.52. The minimum Gasteiger partial charge on any atom is -0.378 e. The predicted octanol–water partition coefficient (Wildman–Crippen LogP) is 3.67. The van der Waals surface area contributed by atoms with Gasteiger partial charge in [0.05, 0.1) is 6.54 Å². The molecule has 0 aliphatic carbocycles. The van der Waals surface area contributed by atoms with Gasteiger partial charge in [0.15, 0.2) is 0 Å². The topological polar surface area (TPSA) is 50.9 Å². The molecule has 0 unspecified atom stereocenters. The van der Waals surface area contributed by atoms with Crippen LogP contribution >= 0.6 is 11.6 Å². The van der Waals surface area contributed by atoms with Crippen molar-refractivity contribution in [1.82, 2.24) is 14.8 Å². The Bertz CT molecular complexity index is 849. The summed E-state index contributed by atoms with van der Waals surface area (Å²) in [6.07, 6.45) is 2.88. The first kappa shape index (κ1) is 16.4. The van der Waals surface area contributed by atoms with E-state index < -0.39 is 5.60 Å². The SMILES string of the molecule is C=C(c1ccc(F)cc1)[C@@](O)(Cn1cncn1)c1ccccc1Cl. The molecular formula is C18H15ClFN3O. The van der Waals surface area contributed by atoms with E-state index in [1.165, 1.54) is 29.5 Å². The van der Waals surface area contributed by atoms with Crippen molar-refractivity contribution in [3.8, 4) is 0 Å². The Hall–Kier alpha value is -2.50. The normalized spacial score (nSPS) is 13.5. The molecule has 2 aromatic carbocycles. The number of nitrogens with zero attached hydrogens (tertiary/aromatic N) is 3. The molecule has 0 aliphatic heterocycles. The first-order chi connectivity index (χ1) is 11.5. The molecule has 0 saturated heterocycles. The summed E-state index contributed by atoms with van der Waals surface area (Å²) in [4.78, 5) is 3.89. The van der Waals surface area contributed by atoms with Gasteiger partial charge in [0.25, 0.3) is 0 Å². The van der Waals surface area contributed by atoms with Gasteiger partial charge in [0.2, 0.25) is 0 Å². The average Bonchev–Trinajstić information content (AvgIpc) is 3.08. The van der Waals surface area contributed by atoms with Crippen LogP contribution in [0.25, 0.3) is 5.57 Å². The van der Waals surface area contributed by atoms with Gasteiger partial charge in [-0.05, 0) is 29.3 Å². The molecule has 0 spiro atoms. The van der Waals surface area contributed by atoms with Crippen molar-refractivity contribution in [2.24, 2.45) is 0 Å². The van der Waals surface area contributed by atoms with Crippen LogP contribution in [0.4, 0.5) is 4.39 Å². The smallest absolute Gasteiger partial charge is 0.137 e.